The monoisotopic (exact) mass is 707 g/mol. The minimum atomic E-state index is -3.87. The summed E-state index contributed by atoms with van der Waals surface area (Å²) in [6.45, 7) is 5.34. The summed E-state index contributed by atoms with van der Waals surface area (Å²) in [6, 6.07) is 10.7. The van der Waals surface area contributed by atoms with E-state index in [2.05, 4.69) is 32.1 Å². The normalized spacial score (nSPS) is 40.9. The van der Waals surface area contributed by atoms with Crippen LogP contribution in [-0.2, 0) is 14.8 Å². The standard InChI is InChI=1S/C39H49NO7S2/c1-35-15-12-27(41)22-37(35)18-19-39(30(23-37)34(42)26-8-10-28(46-3)11-9-26)31(35)13-16-36(2)32(39)14-17-38(36,43)25-40(24-29-6-4-20-47-29)49(44,45)33-7-5-21-48-33/h5,7-11,18-19,21,23,27,29,31-32,41,43H,4,6,12-17,20,22,24-25H2,1-3H3. The molecule has 49 heavy (non-hydrogen) atoms. The van der Waals surface area contributed by atoms with Gasteiger partial charge in [0.05, 0.1) is 24.9 Å². The van der Waals surface area contributed by atoms with E-state index in [0.717, 1.165) is 44.1 Å². The first-order chi connectivity index (χ1) is 23.3. The minimum Gasteiger partial charge on any atom is -0.497 e. The molecule has 4 fully saturated rings. The molecule has 10 heteroatoms. The van der Waals surface area contributed by atoms with Crippen molar-refractivity contribution in [1.82, 2.24) is 4.31 Å². The van der Waals surface area contributed by atoms with E-state index in [1.165, 1.54) is 15.6 Å². The molecule has 2 aromatic rings. The molecule has 2 heterocycles. The molecule has 0 amide bonds. The van der Waals surface area contributed by atoms with E-state index in [0.29, 0.717) is 37.2 Å². The quantitative estimate of drug-likeness (QED) is 0.229. The van der Waals surface area contributed by atoms with Crippen LogP contribution in [0.2, 0.25) is 0 Å². The van der Waals surface area contributed by atoms with Gasteiger partial charge >= 0.3 is 0 Å². The highest BCUT2D eigenvalue weighted by molar-refractivity contribution is 7.91. The van der Waals surface area contributed by atoms with Crippen LogP contribution in [0.5, 0.6) is 5.75 Å². The maximum Gasteiger partial charge on any atom is 0.252 e. The smallest absolute Gasteiger partial charge is 0.252 e. The Kier molecular flexibility index (Phi) is 7.99. The first-order valence-corrected chi connectivity index (χ1v) is 20.3. The number of benzene rings is 1. The molecule has 1 aliphatic heterocycles. The van der Waals surface area contributed by atoms with Gasteiger partial charge in [0.15, 0.2) is 5.78 Å². The summed E-state index contributed by atoms with van der Waals surface area (Å²) in [4.78, 5) is 14.8. The molecule has 1 aromatic heterocycles. The maximum absolute atomic E-state index is 14.8. The number of fused-ring (bicyclic) bond motifs is 1. The lowest BCUT2D eigenvalue weighted by atomic mass is 9.32. The number of carbonyl (C=O) groups excluding carboxylic acids is 1. The van der Waals surface area contributed by atoms with Crippen LogP contribution in [0.15, 0.2) is 69.8 Å². The van der Waals surface area contributed by atoms with Gasteiger partial charge in [-0.25, -0.2) is 8.42 Å². The number of methoxy groups -OCH3 is 1. The fraction of sp³-hybridized carbons (Fsp3) is 0.615. The maximum atomic E-state index is 14.8. The average Bonchev–Trinajstić information content (AvgIpc) is 3.87. The number of sulfonamides is 1. The van der Waals surface area contributed by atoms with E-state index < -0.39 is 38.0 Å². The number of nitrogens with zero attached hydrogens (tertiary/aromatic N) is 1. The second-order valence-electron chi connectivity index (χ2n) is 16.2. The van der Waals surface area contributed by atoms with Gasteiger partial charge in [0, 0.05) is 47.1 Å². The van der Waals surface area contributed by atoms with E-state index in [-0.39, 0.29) is 46.4 Å². The minimum absolute atomic E-state index is 0.0105. The molecule has 8 nitrogen and oxygen atoms in total. The molecule has 3 saturated carbocycles. The van der Waals surface area contributed by atoms with Crippen molar-refractivity contribution >= 4 is 27.1 Å². The topological polar surface area (TPSA) is 113 Å². The Hall–Kier alpha value is -2.34. The zero-order chi connectivity index (χ0) is 34.5. The van der Waals surface area contributed by atoms with Crippen molar-refractivity contribution in [2.24, 2.45) is 33.5 Å². The first-order valence-electron chi connectivity index (χ1n) is 18.0. The van der Waals surface area contributed by atoms with Crippen LogP contribution in [0.1, 0.15) is 82.0 Å². The molecule has 1 saturated heterocycles. The van der Waals surface area contributed by atoms with Crippen LogP contribution in [0.3, 0.4) is 0 Å². The zero-order valence-electron chi connectivity index (χ0n) is 28.8. The number of Topliss-reactive ketones (excluding diaryl/α,β-unsaturated/α-hetero) is 1. The summed E-state index contributed by atoms with van der Waals surface area (Å²) >= 11 is 1.20. The number of hydrogen-bond acceptors (Lipinski definition) is 8. The number of hydrogen-bond donors (Lipinski definition) is 2. The average molecular weight is 708 g/mol. The number of aliphatic hydroxyl groups is 2. The van der Waals surface area contributed by atoms with E-state index in [9.17, 15) is 23.4 Å². The molecule has 1 aromatic carbocycles. The summed E-state index contributed by atoms with van der Waals surface area (Å²) in [6.07, 6.45) is 12.7. The first kappa shape index (κ1) is 33.8. The Balaban J connectivity index is 1.22. The molecule has 2 N–H and O–H groups in total. The molecule has 9 unspecified atom stereocenters. The van der Waals surface area contributed by atoms with Gasteiger partial charge in [0.2, 0.25) is 0 Å². The fourth-order valence-electron chi connectivity index (χ4n) is 11.6. The van der Waals surface area contributed by atoms with Gasteiger partial charge in [-0.3, -0.25) is 4.79 Å². The highest BCUT2D eigenvalue weighted by Crippen LogP contribution is 2.78. The van der Waals surface area contributed by atoms with Gasteiger partial charge in [-0.15, -0.1) is 11.3 Å². The summed E-state index contributed by atoms with van der Waals surface area (Å²) in [5.41, 5.74) is -1.79. The third-order valence-electron chi connectivity index (χ3n) is 14.3. The molecule has 264 valence electrons. The Labute approximate surface area is 294 Å². The van der Waals surface area contributed by atoms with Crippen LogP contribution in [0.25, 0.3) is 0 Å². The van der Waals surface area contributed by atoms with E-state index in [1.807, 2.05) is 24.3 Å². The van der Waals surface area contributed by atoms with Gasteiger partial charge in [0.25, 0.3) is 10.0 Å². The number of ketones is 1. The lowest BCUT2D eigenvalue weighted by Crippen LogP contribution is -2.67. The summed E-state index contributed by atoms with van der Waals surface area (Å²) in [5, 5.41) is 25.7. The van der Waals surface area contributed by atoms with E-state index in [1.54, 1.807) is 24.6 Å². The highest BCUT2D eigenvalue weighted by atomic mass is 32.2. The van der Waals surface area contributed by atoms with Crippen LogP contribution in [0.4, 0.5) is 0 Å². The lowest BCUT2D eigenvalue weighted by Gasteiger charge is -2.71. The number of rotatable bonds is 9. The highest BCUT2D eigenvalue weighted by Gasteiger charge is 2.74. The van der Waals surface area contributed by atoms with Gasteiger partial charge in [-0.05, 0) is 111 Å². The third kappa shape index (κ3) is 4.73. The predicted octanol–water partition coefficient (Wildman–Crippen LogP) is 6.40. The van der Waals surface area contributed by atoms with E-state index in [4.69, 9.17) is 9.47 Å². The summed E-state index contributed by atoms with van der Waals surface area (Å²) in [7, 11) is -2.26. The third-order valence-corrected chi connectivity index (χ3v) is 17.5. The molecule has 7 aliphatic rings. The van der Waals surface area contributed by atoms with Crippen molar-refractivity contribution in [2.45, 2.75) is 93.7 Å². The van der Waals surface area contributed by atoms with Crippen LogP contribution >= 0.6 is 11.3 Å². The van der Waals surface area contributed by atoms with Crippen molar-refractivity contribution < 1.29 is 32.9 Å². The van der Waals surface area contributed by atoms with Crippen LogP contribution in [0, 0.1) is 33.5 Å². The molecule has 9 rings (SSSR count). The zero-order valence-corrected chi connectivity index (χ0v) is 30.4. The Bertz CT molecular complexity index is 1780. The lowest BCUT2D eigenvalue weighted by molar-refractivity contribution is -0.174. The predicted molar refractivity (Wildman–Crippen MR) is 188 cm³/mol. The van der Waals surface area contributed by atoms with Gasteiger partial charge in [-0.2, -0.15) is 4.31 Å². The fourth-order valence-corrected chi connectivity index (χ4v) is 14.3. The van der Waals surface area contributed by atoms with Crippen LogP contribution < -0.4 is 4.74 Å². The number of thiophene rings is 1. The van der Waals surface area contributed by atoms with Crippen molar-refractivity contribution in [2.75, 3.05) is 26.8 Å². The second-order valence-corrected chi connectivity index (χ2v) is 19.3. The summed E-state index contributed by atoms with van der Waals surface area (Å²) in [5.74, 6) is 0.741. The Morgan fingerprint density at radius 3 is 2.45 bits per heavy atom. The molecule has 2 bridgehead atoms. The van der Waals surface area contributed by atoms with Crippen molar-refractivity contribution in [1.29, 1.82) is 0 Å². The largest absolute Gasteiger partial charge is 0.497 e. The molecule has 6 aliphatic carbocycles. The molecule has 0 radical (unpaired) electrons. The molecular weight excluding hydrogens is 659 g/mol. The van der Waals surface area contributed by atoms with Crippen molar-refractivity contribution in [3.8, 4) is 5.75 Å². The van der Waals surface area contributed by atoms with Gasteiger partial charge < -0.3 is 19.7 Å². The Morgan fingerprint density at radius 2 is 1.76 bits per heavy atom. The number of carbonyl (C=O) groups is 1. The van der Waals surface area contributed by atoms with Crippen molar-refractivity contribution in [3.63, 3.8) is 0 Å². The number of aliphatic hydroxyl groups excluding tert-OH is 1. The van der Waals surface area contributed by atoms with Crippen LogP contribution in [-0.4, -0.2) is 73.3 Å². The molecular formula is C39H49NO7S2. The number of ether oxygens (including phenoxy) is 2. The number of allylic oxidation sites excluding steroid dienone is 4. The summed E-state index contributed by atoms with van der Waals surface area (Å²) < 4.78 is 41.4. The van der Waals surface area contributed by atoms with Crippen molar-refractivity contribution in [3.05, 3.63) is 71.1 Å². The molecule has 2 spiro atoms. The molecule has 9 atom stereocenters. The Morgan fingerprint density at radius 1 is 1.02 bits per heavy atom. The second kappa shape index (κ2) is 11.6. The van der Waals surface area contributed by atoms with E-state index >= 15 is 0 Å². The SMILES string of the molecule is COc1ccc(C(=O)C2=CC34C=CC25C(CCC2(C)C5CCC2(O)CN(CC2CCCO2)S(=O)(=O)c2cccs2)C3(C)CCC(O)C4)cc1. The van der Waals surface area contributed by atoms with Gasteiger partial charge in [-0.1, -0.05) is 38.1 Å². The van der Waals surface area contributed by atoms with Gasteiger partial charge in [0.1, 0.15) is 9.96 Å².